The second-order valence-corrected chi connectivity index (χ2v) is 4.85. The molecule has 6 heteroatoms. The van der Waals surface area contributed by atoms with Crippen LogP contribution in [0.25, 0.3) is 0 Å². The maximum Gasteiger partial charge on any atom is 0.314 e. The average Bonchev–Trinajstić information content (AvgIpc) is 2.47. The van der Waals surface area contributed by atoms with Crippen LogP contribution in [0.2, 0.25) is 0 Å². The van der Waals surface area contributed by atoms with Gasteiger partial charge in [0.25, 0.3) is 0 Å². The van der Waals surface area contributed by atoms with Crippen LogP contribution in [0.3, 0.4) is 0 Å². The molecule has 0 spiro atoms. The van der Waals surface area contributed by atoms with E-state index in [0.29, 0.717) is 19.1 Å². The summed E-state index contributed by atoms with van der Waals surface area (Å²) in [4.78, 5) is 12.8. The first-order valence-electron chi connectivity index (χ1n) is 6.66. The highest BCUT2D eigenvalue weighted by Crippen LogP contribution is 2.27. The van der Waals surface area contributed by atoms with Gasteiger partial charge in [-0.2, -0.15) is 0 Å². The molecule has 0 aromatic heterocycles. The molecule has 0 unspecified atom stereocenters. The van der Waals surface area contributed by atoms with Gasteiger partial charge in [-0.05, 0) is 12.8 Å². The molecule has 1 aromatic carbocycles. The Morgan fingerprint density at radius 3 is 2.20 bits per heavy atom. The molecule has 0 atom stereocenters. The number of rotatable bonds is 4. The molecule has 2 rings (SSSR count). The predicted molar refractivity (Wildman–Crippen MR) is 77.3 cm³/mol. The number of piperidine rings is 1. The Bertz CT molecular complexity index is 448. The maximum absolute atomic E-state index is 11.1. The third-order valence-corrected chi connectivity index (χ3v) is 3.53. The van der Waals surface area contributed by atoms with Gasteiger partial charge in [-0.25, -0.2) is 4.79 Å². The first-order valence-corrected chi connectivity index (χ1v) is 6.66. The summed E-state index contributed by atoms with van der Waals surface area (Å²) < 4.78 is 10.5. The van der Waals surface area contributed by atoms with Gasteiger partial charge in [-0.1, -0.05) is 0 Å². The highest BCUT2D eigenvalue weighted by Gasteiger charge is 2.21. The molecule has 0 aliphatic carbocycles. The Balaban J connectivity index is 1.98. The van der Waals surface area contributed by atoms with E-state index in [4.69, 9.17) is 15.2 Å². The summed E-state index contributed by atoms with van der Waals surface area (Å²) in [7, 11) is 3.26. The van der Waals surface area contributed by atoms with Crippen molar-refractivity contribution in [2.45, 2.75) is 18.9 Å². The van der Waals surface area contributed by atoms with Crippen LogP contribution < -0.4 is 20.5 Å². The van der Waals surface area contributed by atoms with Gasteiger partial charge in [-0.15, -0.1) is 0 Å². The number of nitrogens with one attached hydrogen (secondary N) is 1. The number of hydrogen-bond donors (Lipinski definition) is 2. The van der Waals surface area contributed by atoms with Crippen LogP contribution in [-0.4, -0.2) is 44.3 Å². The molecule has 1 fully saturated rings. The zero-order valence-corrected chi connectivity index (χ0v) is 11.9. The van der Waals surface area contributed by atoms with Crippen molar-refractivity contribution in [1.82, 2.24) is 4.90 Å². The quantitative estimate of drug-likeness (QED) is 0.878. The first kappa shape index (κ1) is 14.3. The third kappa shape index (κ3) is 3.46. The minimum absolute atomic E-state index is 0.322. The summed E-state index contributed by atoms with van der Waals surface area (Å²) in [5, 5.41) is 3.45. The van der Waals surface area contributed by atoms with Crippen molar-refractivity contribution >= 4 is 11.7 Å². The van der Waals surface area contributed by atoms with Crippen molar-refractivity contribution in [1.29, 1.82) is 0 Å². The van der Waals surface area contributed by atoms with Gasteiger partial charge in [0.15, 0.2) is 0 Å². The molecule has 110 valence electrons. The summed E-state index contributed by atoms with van der Waals surface area (Å²) in [5.74, 6) is 1.50. The Kier molecular flexibility index (Phi) is 4.55. The molecule has 0 radical (unpaired) electrons. The molecule has 0 saturated carbocycles. The van der Waals surface area contributed by atoms with E-state index in [1.54, 1.807) is 19.1 Å². The normalized spacial score (nSPS) is 15.8. The van der Waals surface area contributed by atoms with E-state index in [1.165, 1.54) is 0 Å². The predicted octanol–water partition coefficient (Wildman–Crippen LogP) is 1.66. The largest absolute Gasteiger partial charge is 0.497 e. The van der Waals surface area contributed by atoms with Gasteiger partial charge in [0.1, 0.15) is 11.5 Å². The van der Waals surface area contributed by atoms with Crippen molar-refractivity contribution in [3.8, 4) is 11.5 Å². The first-order chi connectivity index (χ1) is 9.62. The number of hydrogen-bond acceptors (Lipinski definition) is 4. The number of urea groups is 1. The lowest BCUT2D eigenvalue weighted by Crippen LogP contribution is -2.44. The van der Waals surface area contributed by atoms with E-state index in [0.717, 1.165) is 30.0 Å². The minimum Gasteiger partial charge on any atom is -0.497 e. The lowest BCUT2D eigenvalue weighted by Gasteiger charge is -2.31. The van der Waals surface area contributed by atoms with E-state index in [-0.39, 0.29) is 6.03 Å². The maximum atomic E-state index is 11.1. The molecule has 1 saturated heterocycles. The Morgan fingerprint density at radius 1 is 1.20 bits per heavy atom. The summed E-state index contributed by atoms with van der Waals surface area (Å²) in [5.41, 5.74) is 6.23. The minimum atomic E-state index is -0.341. The summed E-state index contributed by atoms with van der Waals surface area (Å²) in [6, 6.07) is 5.68. The van der Waals surface area contributed by atoms with Gasteiger partial charge in [0.2, 0.25) is 0 Å². The van der Waals surface area contributed by atoms with Crippen LogP contribution in [0.5, 0.6) is 11.5 Å². The molecule has 2 amide bonds. The van der Waals surface area contributed by atoms with E-state index < -0.39 is 0 Å². The fourth-order valence-corrected chi connectivity index (χ4v) is 2.37. The van der Waals surface area contributed by atoms with Crippen LogP contribution in [-0.2, 0) is 0 Å². The van der Waals surface area contributed by atoms with Gasteiger partial charge in [0.05, 0.1) is 14.2 Å². The molecular formula is C14H21N3O3. The highest BCUT2D eigenvalue weighted by molar-refractivity contribution is 5.72. The number of amides is 2. The standard InChI is InChI=1S/C14H21N3O3/c1-19-12-7-11(8-13(9-12)20-2)16-10-3-5-17(6-4-10)14(15)18/h7-10,16H,3-6H2,1-2H3,(H2,15,18). The lowest BCUT2D eigenvalue weighted by atomic mass is 10.0. The second-order valence-electron chi connectivity index (χ2n) is 4.85. The molecular weight excluding hydrogens is 258 g/mol. The van der Waals surface area contributed by atoms with Crippen molar-refractivity contribution < 1.29 is 14.3 Å². The SMILES string of the molecule is COc1cc(NC2CCN(C(N)=O)CC2)cc(OC)c1. The van der Waals surface area contributed by atoms with Crippen LogP contribution in [0.4, 0.5) is 10.5 Å². The molecule has 6 nitrogen and oxygen atoms in total. The molecule has 1 aromatic rings. The molecule has 1 aliphatic rings. The number of nitrogens with two attached hydrogens (primary N) is 1. The number of benzene rings is 1. The monoisotopic (exact) mass is 279 g/mol. The van der Waals surface area contributed by atoms with Gasteiger partial charge >= 0.3 is 6.03 Å². The Labute approximate surface area is 118 Å². The number of methoxy groups -OCH3 is 2. The van der Waals surface area contributed by atoms with E-state index in [2.05, 4.69) is 5.32 Å². The van der Waals surface area contributed by atoms with Crippen molar-refractivity contribution in [2.75, 3.05) is 32.6 Å². The zero-order valence-electron chi connectivity index (χ0n) is 11.9. The van der Waals surface area contributed by atoms with Crippen LogP contribution in [0, 0.1) is 0 Å². The molecule has 1 aliphatic heterocycles. The van der Waals surface area contributed by atoms with Gasteiger partial charge < -0.3 is 25.4 Å². The smallest absolute Gasteiger partial charge is 0.314 e. The van der Waals surface area contributed by atoms with E-state index in [9.17, 15) is 4.79 Å². The molecule has 3 N–H and O–H groups in total. The second kappa shape index (κ2) is 6.36. The third-order valence-electron chi connectivity index (χ3n) is 3.53. The van der Waals surface area contributed by atoms with E-state index >= 15 is 0 Å². The summed E-state index contributed by atoms with van der Waals surface area (Å²) in [6.45, 7) is 1.38. The van der Waals surface area contributed by atoms with Gasteiger partial charge in [-0.3, -0.25) is 0 Å². The number of ether oxygens (including phenoxy) is 2. The van der Waals surface area contributed by atoms with Crippen LogP contribution >= 0.6 is 0 Å². The summed E-state index contributed by atoms with van der Waals surface area (Å²) >= 11 is 0. The number of carbonyl (C=O) groups excluding carboxylic acids is 1. The van der Waals surface area contributed by atoms with Crippen molar-refractivity contribution in [2.24, 2.45) is 5.73 Å². The van der Waals surface area contributed by atoms with Gasteiger partial charge in [0, 0.05) is 43.0 Å². The number of primary amides is 1. The average molecular weight is 279 g/mol. The van der Waals surface area contributed by atoms with Crippen molar-refractivity contribution in [3.63, 3.8) is 0 Å². The zero-order chi connectivity index (χ0) is 14.5. The molecule has 1 heterocycles. The number of likely N-dealkylation sites (tertiary alicyclic amines) is 1. The highest BCUT2D eigenvalue weighted by atomic mass is 16.5. The van der Waals surface area contributed by atoms with Crippen LogP contribution in [0.1, 0.15) is 12.8 Å². The number of carbonyl (C=O) groups is 1. The Hall–Kier alpha value is -2.11. The van der Waals surface area contributed by atoms with E-state index in [1.807, 2.05) is 18.2 Å². The lowest BCUT2D eigenvalue weighted by molar-refractivity contribution is 0.193. The van der Waals surface area contributed by atoms with Crippen molar-refractivity contribution in [3.05, 3.63) is 18.2 Å². The number of nitrogens with zero attached hydrogens (tertiary/aromatic N) is 1. The molecule has 0 bridgehead atoms. The fraction of sp³-hybridized carbons (Fsp3) is 0.500. The Morgan fingerprint density at radius 2 is 1.75 bits per heavy atom. The summed E-state index contributed by atoms with van der Waals surface area (Å²) in [6.07, 6.45) is 1.75. The van der Waals surface area contributed by atoms with Crippen LogP contribution in [0.15, 0.2) is 18.2 Å². The fourth-order valence-electron chi connectivity index (χ4n) is 2.37. The topological polar surface area (TPSA) is 76.8 Å². The molecule has 20 heavy (non-hydrogen) atoms. The number of anilines is 1.